The van der Waals surface area contributed by atoms with Crippen molar-refractivity contribution in [3.63, 3.8) is 0 Å². The minimum Gasteiger partial charge on any atom is -0.375 e. The van der Waals surface area contributed by atoms with Gasteiger partial charge >= 0.3 is 0 Å². The van der Waals surface area contributed by atoms with Crippen molar-refractivity contribution in [2.75, 3.05) is 39.9 Å². The molecule has 1 heterocycles. The first kappa shape index (κ1) is 13.0. The Kier molecular flexibility index (Phi) is 5.25. The second kappa shape index (κ2) is 6.48. The van der Waals surface area contributed by atoms with Crippen molar-refractivity contribution < 1.29 is 14.3 Å². The molecule has 0 bridgehead atoms. The first-order valence-electron chi connectivity index (χ1n) is 5.73. The molecule has 1 saturated heterocycles. The van der Waals surface area contributed by atoms with Crippen LogP contribution in [0.4, 0.5) is 0 Å². The molecule has 2 amide bonds. The standard InChI is InChI=1S/C11H20N2O3/c1-3-4-10(14)12-5-7-13(8-6-12)11(15)9-16-2/h3-9H2,1-2H3. The summed E-state index contributed by atoms with van der Waals surface area (Å²) in [5.41, 5.74) is 0. The van der Waals surface area contributed by atoms with Crippen molar-refractivity contribution in [1.82, 2.24) is 9.80 Å². The highest BCUT2D eigenvalue weighted by molar-refractivity contribution is 5.79. The molecule has 0 spiro atoms. The van der Waals surface area contributed by atoms with Gasteiger partial charge in [0, 0.05) is 39.7 Å². The van der Waals surface area contributed by atoms with Crippen LogP contribution < -0.4 is 0 Å². The average Bonchev–Trinajstić information content (AvgIpc) is 2.30. The Morgan fingerprint density at radius 2 is 1.56 bits per heavy atom. The quantitative estimate of drug-likeness (QED) is 0.686. The van der Waals surface area contributed by atoms with Gasteiger partial charge < -0.3 is 14.5 Å². The number of rotatable bonds is 4. The molecule has 5 nitrogen and oxygen atoms in total. The number of amides is 2. The Morgan fingerprint density at radius 3 is 2.00 bits per heavy atom. The number of nitrogens with zero attached hydrogens (tertiary/aromatic N) is 2. The third kappa shape index (κ3) is 3.48. The van der Waals surface area contributed by atoms with Gasteiger partial charge in [0.25, 0.3) is 0 Å². The highest BCUT2D eigenvalue weighted by atomic mass is 16.5. The smallest absolute Gasteiger partial charge is 0.248 e. The number of carbonyl (C=O) groups excluding carboxylic acids is 2. The Balaban J connectivity index is 2.33. The van der Waals surface area contributed by atoms with Crippen molar-refractivity contribution in [2.45, 2.75) is 19.8 Å². The second-order valence-electron chi connectivity index (χ2n) is 3.94. The highest BCUT2D eigenvalue weighted by Crippen LogP contribution is 2.05. The molecule has 0 unspecified atom stereocenters. The lowest BCUT2D eigenvalue weighted by Crippen LogP contribution is -2.51. The molecule has 0 aromatic heterocycles. The van der Waals surface area contributed by atoms with E-state index in [1.54, 1.807) is 4.90 Å². The van der Waals surface area contributed by atoms with Gasteiger partial charge in [0.05, 0.1) is 0 Å². The monoisotopic (exact) mass is 228 g/mol. The fourth-order valence-electron chi connectivity index (χ4n) is 1.79. The first-order chi connectivity index (χ1) is 7.69. The molecule has 1 aliphatic heterocycles. The maximum atomic E-state index is 11.6. The number of carbonyl (C=O) groups is 2. The molecule has 0 radical (unpaired) electrons. The zero-order valence-corrected chi connectivity index (χ0v) is 10.1. The molecule has 92 valence electrons. The zero-order chi connectivity index (χ0) is 12.0. The van der Waals surface area contributed by atoms with E-state index in [-0.39, 0.29) is 18.4 Å². The predicted molar refractivity (Wildman–Crippen MR) is 59.9 cm³/mol. The van der Waals surface area contributed by atoms with Crippen LogP contribution in [-0.2, 0) is 14.3 Å². The maximum Gasteiger partial charge on any atom is 0.248 e. The number of hydrogen-bond donors (Lipinski definition) is 0. The zero-order valence-electron chi connectivity index (χ0n) is 10.1. The van der Waals surface area contributed by atoms with E-state index in [4.69, 9.17) is 4.74 Å². The lowest BCUT2D eigenvalue weighted by molar-refractivity contribution is -0.141. The van der Waals surface area contributed by atoms with Gasteiger partial charge in [-0.25, -0.2) is 0 Å². The van der Waals surface area contributed by atoms with E-state index in [2.05, 4.69) is 0 Å². The van der Waals surface area contributed by atoms with Gasteiger partial charge in [-0.05, 0) is 6.42 Å². The molecule has 0 N–H and O–H groups in total. The number of hydrogen-bond acceptors (Lipinski definition) is 3. The van der Waals surface area contributed by atoms with Crippen molar-refractivity contribution in [3.05, 3.63) is 0 Å². The third-order valence-electron chi connectivity index (χ3n) is 2.72. The van der Waals surface area contributed by atoms with Gasteiger partial charge in [-0.15, -0.1) is 0 Å². The summed E-state index contributed by atoms with van der Waals surface area (Å²) in [5, 5.41) is 0. The molecule has 0 atom stereocenters. The molecule has 0 saturated carbocycles. The van der Waals surface area contributed by atoms with Gasteiger partial charge in [0.2, 0.25) is 11.8 Å². The van der Waals surface area contributed by atoms with E-state index < -0.39 is 0 Å². The summed E-state index contributed by atoms with van der Waals surface area (Å²) in [6, 6.07) is 0. The molecule has 1 aliphatic rings. The van der Waals surface area contributed by atoms with Crippen molar-refractivity contribution in [3.8, 4) is 0 Å². The van der Waals surface area contributed by atoms with E-state index in [0.717, 1.165) is 6.42 Å². The Morgan fingerprint density at radius 1 is 1.06 bits per heavy atom. The molecule has 5 heteroatoms. The summed E-state index contributed by atoms with van der Waals surface area (Å²) in [6.07, 6.45) is 1.48. The third-order valence-corrected chi connectivity index (χ3v) is 2.72. The number of ether oxygens (including phenoxy) is 1. The minimum absolute atomic E-state index is 0.00471. The van der Waals surface area contributed by atoms with Gasteiger partial charge in [0.1, 0.15) is 6.61 Å². The van der Waals surface area contributed by atoms with Crippen LogP contribution in [0.15, 0.2) is 0 Å². The van der Waals surface area contributed by atoms with Crippen LogP contribution in [0.2, 0.25) is 0 Å². The largest absolute Gasteiger partial charge is 0.375 e. The van der Waals surface area contributed by atoms with Crippen molar-refractivity contribution >= 4 is 11.8 Å². The Bertz CT molecular complexity index is 222. The maximum absolute atomic E-state index is 11.6. The molecular weight excluding hydrogens is 208 g/mol. The second-order valence-corrected chi connectivity index (χ2v) is 3.94. The molecule has 0 aliphatic carbocycles. The average molecular weight is 228 g/mol. The molecule has 0 aromatic rings. The fraction of sp³-hybridized carbons (Fsp3) is 0.818. The Labute approximate surface area is 96.3 Å². The highest BCUT2D eigenvalue weighted by Gasteiger charge is 2.23. The van der Waals surface area contributed by atoms with E-state index in [9.17, 15) is 9.59 Å². The van der Waals surface area contributed by atoms with E-state index >= 15 is 0 Å². The van der Waals surface area contributed by atoms with Gasteiger partial charge in [0.15, 0.2) is 0 Å². The summed E-state index contributed by atoms with van der Waals surface area (Å²) < 4.78 is 4.80. The normalized spacial score (nSPS) is 16.4. The van der Waals surface area contributed by atoms with Crippen LogP contribution in [-0.4, -0.2) is 61.5 Å². The van der Waals surface area contributed by atoms with Crippen LogP contribution in [0, 0.1) is 0 Å². The summed E-state index contributed by atoms with van der Waals surface area (Å²) in [4.78, 5) is 26.7. The predicted octanol–water partition coefficient (Wildman–Crippen LogP) is 0.104. The molecule has 1 rings (SSSR count). The Hall–Kier alpha value is -1.10. The van der Waals surface area contributed by atoms with Crippen LogP contribution >= 0.6 is 0 Å². The van der Waals surface area contributed by atoms with Gasteiger partial charge in [-0.2, -0.15) is 0 Å². The summed E-state index contributed by atoms with van der Waals surface area (Å²) >= 11 is 0. The summed E-state index contributed by atoms with van der Waals surface area (Å²) in [7, 11) is 1.51. The van der Waals surface area contributed by atoms with Crippen LogP contribution in [0.3, 0.4) is 0 Å². The fourth-order valence-corrected chi connectivity index (χ4v) is 1.79. The van der Waals surface area contributed by atoms with Crippen LogP contribution in [0.5, 0.6) is 0 Å². The van der Waals surface area contributed by atoms with E-state index in [1.165, 1.54) is 7.11 Å². The van der Waals surface area contributed by atoms with Gasteiger partial charge in [-0.1, -0.05) is 6.92 Å². The van der Waals surface area contributed by atoms with Crippen molar-refractivity contribution in [1.29, 1.82) is 0 Å². The number of methoxy groups -OCH3 is 1. The topological polar surface area (TPSA) is 49.9 Å². The van der Waals surface area contributed by atoms with Crippen molar-refractivity contribution in [2.24, 2.45) is 0 Å². The van der Waals surface area contributed by atoms with E-state index in [1.807, 2.05) is 11.8 Å². The number of piperazine rings is 1. The lowest BCUT2D eigenvalue weighted by atomic mass is 10.2. The SMILES string of the molecule is CCCC(=O)N1CCN(C(=O)COC)CC1. The molecule has 1 fully saturated rings. The van der Waals surface area contributed by atoms with Crippen LogP contribution in [0.1, 0.15) is 19.8 Å². The summed E-state index contributed by atoms with van der Waals surface area (Å²) in [6.45, 7) is 4.66. The molecule has 16 heavy (non-hydrogen) atoms. The summed E-state index contributed by atoms with van der Waals surface area (Å²) in [5.74, 6) is 0.200. The van der Waals surface area contributed by atoms with E-state index in [0.29, 0.717) is 32.6 Å². The van der Waals surface area contributed by atoms with Crippen LogP contribution in [0.25, 0.3) is 0 Å². The molecular formula is C11H20N2O3. The minimum atomic E-state index is 0.00471. The molecule has 0 aromatic carbocycles. The first-order valence-corrected chi connectivity index (χ1v) is 5.73. The lowest BCUT2D eigenvalue weighted by Gasteiger charge is -2.34. The van der Waals surface area contributed by atoms with Gasteiger partial charge in [-0.3, -0.25) is 9.59 Å².